The summed E-state index contributed by atoms with van der Waals surface area (Å²) in [6.45, 7) is 0. The zero-order valence-electron chi connectivity index (χ0n) is 5.88. The van der Waals surface area contributed by atoms with Crippen LogP contribution < -0.4 is 4.74 Å². The van der Waals surface area contributed by atoms with Crippen LogP contribution in [0, 0.1) is 0 Å². The maximum absolute atomic E-state index is 12.6. The molecule has 0 aliphatic carbocycles. The van der Waals surface area contributed by atoms with Crippen molar-refractivity contribution in [3.05, 3.63) is 29.8 Å². The Kier molecular flexibility index (Phi) is 1.22. The first-order valence-electron chi connectivity index (χ1n) is 3.32. The van der Waals surface area contributed by atoms with E-state index in [4.69, 9.17) is 0 Å². The second-order valence-electron chi connectivity index (χ2n) is 2.44. The number of Topliss-reactive ketones (excluding diaryl/α,β-unsaturated/α-hetero) is 1. The van der Waals surface area contributed by atoms with Gasteiger partial charge in [0, 0.05) is 0 Å². The van der Waals surface area contributed by atoms with Gasteiger partial charge in [-0.15, -0.1) is 0 Å². The Morgan fingerprint density at radius 2 is 1.92 bits per heavy atom. The third-order valence-electron chi connectivity index (χ3n) is 1.63. The zero-order valence-corrected chi connectivity index (χ0v) is 5.88. The monoisotopic (exact) mass is 170 g/mol. The smallest absolute Gasteiger partial charge is 0.426 e. The fourth-order valence-electron chi connectivity index (χ4n) is 1.08. The second-order valence-corrected chi connectivity index (χ2v) is 2.44. The Balaban J connectivity index is 2.57. The number of halogens is 2. The number of rotatable bonds is 0. The van der Waals surface area contributed by atoms with Crippen molar-refractivity contribution in [2.45, 2.75) is 6.11 Å². The van der Waals surface area contributed by atoms with Crippen LogP contribution in [-0.2, 0) is 0 Å². The Bertz CT molecular complexity index is 347. The lowest BCUT2D eigenvalue weighted by Crippen LogP contribution is -2.28. The van der Waals surface area contributed by atoms with Gasteiger partial charge >= 0.3 is 6.11 Å². The minimum atomic E-state index is -3.68. The predicted octanol–water partition coefficient (Wildman–Crippen LogP) is 1.85. The van der Waals surface area contributed by atoms with Gasteiger partial charge in [0.2, 0.25) is 0 Å². The summed E-state index contributed by atoms with van der Waals surface area (Å²) in [5.41, 5.74) is -0.0532. The van der Waals surface area contributed by atoms with Gasteiger partial charge in [-0.25, -0.2) is 0 Å². The Labute approximate surface area is 66.8 Å². The SMILES string of the molecule is O=C1c2ccccc2OC1(F)F. The van der Waals surface area contributed by atoms with E-state index < -0.39 is 11.9 Å². The molecule has 2 rings (SSSR count). The number of hydrogen-bond donors (Lipinski definition) is 0. The summed E-state index contributed by atoms with van der Waals surface area (Å²) < 4.78 is 29.2. The molecule has 1 aromatic rings. The predicted molar refractivity (Wildman–Crippen MR) is 36.3 cm³/mol. The molecule has 0 fully saturated rings. The van der Waals surface area contributed by atoms with Gasteiger partial charge in [-0.3, -0.25) is 4.79 Å². The molecular formula is C8H4F2O2. The van der Waals surface area contributed by atoms with Crippen molar-refractivity contribution in [3.63, 3.8) is 0 Å². The molecule has 0 unspecified atom stereocenters. The van der Waals surface area contributed by atoms with E-state index in [9.17, 15) is 13.6 Å². The fraction of sp³-hybridized carbons (Fsp3) is 0.125. The summed E-state index contributed by atoms with van der Waals surface area (Å²) in [7, 11) is 0. The van der Waals surface area contributed by atoms with E-state index >= 15 is 0 Å². The molecule has 1 aliphatic rings. The van der Waals surface area contributed by atoms with E-state index in [0.29, 0.717) is 0 Å². The van der Waals surface area contributed by atoms with E-state index in [-0.39, 0.29) is 11.3 Å². The highest BCUT2D eigenvalue weighted by Gasteiger charge is 2.49. The average molecular weight is 170 g/mol. The molecule has 12 heavy (non-hydrogen) atoms. The Morgan fingerprint density at radius 1 is 1.25 bits per heavy atom. The van der Waals surface area contributed by atoms with Crippen LogP contribution in [0.3, 0.4) is 0 Å². The number of ether oxygens (including phenoxy) is 1. The molecule has 2 nitrogen and oxygen atoms in total. The van der Waals surface area contributed by atoms with Crippen molar-refractivity contribution in [2.75, 3.05) is 0 Å². The number of alkyl halides is 2. The number of benzene rings is 1. The molecule has 4 heteroatoms. The minimum Gasteiger partial charge on any atom is -0.426 e. The molecule has 0 saturated carbocycles. The highest BCUT2D eigenvalue weighted by atomic mass is 19.3. The van der Waals surface area contributed by atoms with Gasteiger partial charge in [0.25, 0.3) is 5.78 Å². The number of carbonyl (C=O) groups excluding carboxylic acids is 1. The topological polar surface area (TPSA) is 26.3 Å². The van der Waals surface area contributed by atoms with Crippen LogP contribution in [0.25, 0.3) is 0 Å². The largest absolute Gasteiger partial charge is 0.466 e. The second kappa shape index (κ2) is 2.03. The fourth-order valence-corrected chi connectivity index (χ4v) is 1.08. The molecule has 0 saturated heterocycles. The summed E-state index contributed by atoms with van der Waals surface area (Å²) in [5.74, 6) is -1.31. The zero-order chi connectivity index (χ0) is 8.77. The number of para-hydroxylation sites is 1. The molecule has 0 atom stereocenters. The highest BCUT2D eigenvalue weighted by molar-refractivity contribution is 6.05. The van der Waals surface area contributed by atoms with Gasteiger partial charge < -0.3 is 4.74 Å². The lowest BCUT2D eigenvalue weighted by molar-refractivity contribution is -0.123. The van der Waals surface area contributed by atoms with E-state index in [1.54, 1.807) is 0 Å². The van der Waals surface area contributed by atoms with Crippen molar-refractivity contribution in [2.24, 2.45) is 0 Å². The molecule has 0 bridgehead atoms. The number of carbonyl (C=O) groups is 1. The summed E-state index contributed by atoms with van der Waals surface area (Å²) in [6, 6.07) is 5.71. The molecule has 62 valence electrons. The van der Waals surface area contributed by atoms with E-state index in [2.05, 4.69) is 4.74 Å². The van der Waals surface area contributed by atoms with Crippen LogP contribution in [0.2, 0.25) is 0 Å². The van der Waals surface area contributed by atoms with E-state index in [1.807, 2.05) is 0 Å². The molecule has 0 radical (unpaired) electrons. The normalized spacial score (nSPS) is 18.7. The standard InChI is InChI=1S/C8H4F2O2/c9-8(10)7(11)5-3-1-2-4-6(5)12-8/h1-4H. The van der Waals surface area contributed by atoms with Crippen LogP contribution in [0.5, 0.6) is 5.75 Å². The van der Waals surface area contributed by atoms with E-state index in [1.165, 1.54) is 24.3 Å². The molecular weight excluding hydrogens is 166 g/mol. The van der Waals surface area contributed by atoms with Gasteiger partial charge in [0.1, 0.15) is 5.75 Å². The van der Waals surface area contributed by atoms with Crippen molar-refractivity contribution < 1.29 is 18.3 Å². The molecule has 0 aromatic heterocycles. The summed E-state index contributed by atoms with van der Waals surface area (Å²) in [6.07, 6.45) is -3.68. The summed E-state index contributed by atoms with van der Waals surface area (Å²) in [4.78, 5) is 10.8. The number of ketones is 1. The Hall–Kier alpha value is -1.45. The molecule has 1 aromatic carbocycles. The van der Waals surface area contributed by atoms with Gasteiger partial charge in [-0.2, -0.15) is 8.78 Å². The average Bonchev–Trinajstić information content (AvgIpc) is 2.24. The molecule has 0 spiro atoms. The first-order chi connectivity index (χ1) is 5.61. The van der Waals surface area contributed by atoms with Crippen LogP contribution in [0.1, 0.15) is 10.4 Å². The first kappa shape index (κ1) is 7.21. The lowest BCUT2D eigenvalue weighted by atomic mass is 10.1. The molecule has 1 heterocycles. The number of hydrogen-bond acceptors (Lipinski definition) is 2. The maximum atomic E-state index is 12.6. The van der Waals surface area contributed by atoms with Crippen LogP contribution in [0.15, 0.2) is 24.3 Å². The summed E-state index contributed by atoms with van der Waals surface area (Å²) in [5, 5.41) is 0. The van der Waals surface area contributed by atoms with Crippen LogP contribution in [-0.4, -0.2) is 11.9 Å². The van der Waals surface area contributed by atoms with Gasteiger partial charge in [0.15, 0.2) is 0 Å². The lowest BCUT2D eigenvalue weighted by Gasteiger charge is -2.04. The van der Waals surface area contributed by atoms with Gasteiger partial charge in [-0.1, -0.05) is 12.1 Å². The maximum Gasteiger partial charge on any atom is 0.466 e. The summed E-state index contributed by atoms with van der Waals surface area (Å²) >= 11 is 0. The van der Waals surface area contributed by atoms with Crippen molar-refractivity contribution in [3.8, 4) is 5.75 Å². The third kappa shape index (κ3) is 0.809. The Morgan fingerprint density at radius 3 is 2.58 bits per heavy atom. The highest BCUT2D eigenvalue weighted by Crippen LogP contribution is 2.36. The third-order valence-corrected chi connectivity index (χ3v) is 1.63. The van der Waals surface area contributed by atoms with E-state index in [0.717, 1.165) is 0 Å². The van der Waals surface area contributed by atoms with Gasteiger partial charge in [0.05, 0.1) is 5.56 Å². The van der Waals surface area contributed by atoms with Crippen LogP contribution in [0.4, 0.5) is 8.78 Å². The minimum absolute atomic E-state index is 0.0486. The quantitative estimate of drug-likeness (QED) is 0.593. The van der Waals surface area contributed by atoms with Crippen molar-refractivity contribution in [1.29, 1.82) is 0 Å². The molecule has 0 N–H and O–H groups in total. The van der Waals surface area contributed by atoms with Crippen molar-refractivity contribution >= 4 is 5.78 Å². The van der Waals surface area contributed by atoms with Crippen molar-refractivity contribution in [1.82, 2.24) is 0 Å². The van der Waals surface area contributed by atoms with Gasteiger partial charge in [-0.05, 0) is 12.1 Å². The molecule has 0 amide bonds. The first-order valence-corrected chi connectivity index (χ1v) is 3.32. The number of fused-ring (bicyclic) bond motifs is 1. The molecule has 1 aliphatic heterocycles. The van der Waals surface area contributed by atoms with Crippen LogP contribution >= 0.6 is 0 Å².